The Morgan fingerprint density at radius 2 is 2.12 bits per heavy atom. The Balaban J connectivity index is 2.42. The Bertz CT molecular complexity index is 938. The molecule has 1 aromatic rings. The highest BCUT2D eigenvalue weighted by atomic mass is 16.5. The fourth-order valence-electron chi connectivity index (χ4n) is 3.52. The van der Waals surface area contributed by atoms with Crippen LogP contribution < -0.4 is 15.8 Å². The number of anilines is 1. The lowest BCUT2D eigenvalue weighted by Crippen LogP contribution is -2.57. The maximum absolute atomic E-state index is 12.9. The summed E-state index contributed by atoms with van der Waals surface area (Å²) >= 11 is 0. The molecule has 0 spiro atoms. The van der Waals surface area contributed by atoms with Crippen LogP contribution in [-0.4, -0.2) is 59.4 Å². The largest absolute Gasteiger partial charge is 0.495 e. The summed E-state index contributed by atoms with van der Waals surface area (Å²) in [5.41, 5.74) is 7.01. The first-order valence-corrected chi connectivity index (χ1v) is 10.6. The van der Waals surface area contributed by atoms with Gasteiger partial charge in [-0.15, -0.1) is 0 Å². The third kappa shape index (κ3) is 5.40. The number of aliphatic imine (C=N–C) groups is 1. The van der Waals surface area contributed by atoms with Crippen LogP contribution in [-0.2, 0) is 4.79 Å². The fourth-order valence-corrected chi connectivity index (χ4v) is 3.52. The minimum atomic E-state index is -1.05. The molecule has 32 heavy (non-hydrogen) atoms. The first-order valence-electron chi connectivity index (χ1n) is 10.6. The predicted molar refractivity (Wildman–Crippen MR) is 125 cm³/mol. The second kappa shape index (κ2) is 10.7. The van der Waals surface area contributed by atoms with Crippen molar-refractivity contribution in [1.82, 2.24) is 9.80 Å². The van der Waals surface area contributed by atoms with Crippen LogP contribution in [0.4, 0.5) is 5.69 Å². The molecule has 2 rings (SSSR count). The number of rotatable bonds is 9. The zero-order chi connectivity index (χ0) is 24.0. The fraction of sp³-hybridized carbons (Fsp3) is 0.435. The number of ether oxygens (including phenoxy) is 1. The Hall–Kier alpha value is -3.49. The molecule has 0 radical (unpaired) electrons. The number of carbonyl (C=O) groups excluding carboxylic acids is 1. The van der Waals surface area contributed by atoms with Gasteiger partial charge < -0.3 is 30.7 Å². The lowest BCUT2D eigenvalue weighted by Gasteiger charge is -2.42. The molecule has 174 valence electrons. The van der Waals surface area contributed by atoms with Crippen LogP contribution in [0.3, 0.4) is 0 Å². The zero-order valence-electron chi connectivity index (χ0n) is 19.4. The molecular formula is C23H33N5O4. The Labute approximate surface area is 189 Å². The summed E-state index contributed by atoms with van der Waals surface area (Å²) in [5, 5.41) is 12.3. The van der Waals surface area contributed by atoms with Gasteiger partial charge in [0.15, 0.2) is 5.84 Å². The summed E-state index contributed by atoms with van der Waals surface area (Å²) in [6, 6.07) is 4.13. The van der Waals surface area contributed by atoms with E-state index in [-0.39, 0.29) is 17.5 Å². The van der Waals surface area contributed by atoms with E-state index in [1.807, 2.05) is 11.8 Å². The molecule has 1 aromatic carbocycles. The van der Waals surface area contributed by atoms with Gasteiger partial charge in [-0.25, -0.2) is 9.79 Å². The number of amidine groups is 1. The molecular weight excluding hydrogens is 410 g/mol. The number of piperazine rings is 1. The van der Waals surface area contributed by atoms with E-state index < -0.39 is 5.97 Å². The van der Waals surface area contributed by atoms with Gasteiger partial charge in [-0.2, -0.15) is 0 Å². The molecule has 0 aromatic heterocycles. The van der Waals surface area contributed by atoms with Crippen LogP contribution in [0.15, 0.2) is 47.5 Å². The van der Waals surface area contributed by atoms with E-state index in [1.165, 1.54) is 30.3 Å². The highest BCUT2D eigenvalue weighted by Crippen LogP contribution is 2.28. The molecule has 0 unspecified atom stereocenters. The molecule has 0 bridgehead atoms. The van der Waals surface area contributed by atoms with Crippen molar-refractivity contribution < 1.29 is 19.4 Å². The standard InChI is InChI=1S/C23H33N5O4/c1-7-18-22(29)27(5)19(13-24)21(28(18)11-10-14(2)3)26-15(4)25-17-9-8-16(23(30)31)12-20(17)32-6/h8-9,12-14,18,25H,4,7,10-11,24H2,1-3,5-6H3,(H,30,31)/b19-13+,26-21+/t18-/m1/s1. The molecule has 0 saturated carbocycles. The van der Waals surface area contributed by atoms with Gasteiger partial charge in [0, 0.05) is 19.8 Å². The Morgan fingerprint density at radius 1 is 1.44 bits per heavy atom. The molecule has 9 nitrogen and oxygen atoms in total. The smallest absolute Gasteiger partial charge is 0.335 e. The van der Waals surface area contributed by atoms with Crippen LogP contribution in [0.1, 0.15) is 44.0 Å². The van der Waals surface area contributed by atoms with Gasteiger partial charge >= 0.3 is 5.97 Å². The third-order valence-electron chi connectivity index (χ3n) is 5.31. The molecule has 1 aliphatic rings. The summed E-state index contributed by atoms with van der Waals surface area (Å²) in [6.45, 7) is 10.9. The number of carboxylic acids is 1. The zero-order valence-corrected chi connectivity index (χ0v) is 19.4. The number of nitrogens with two attached hydrogens (primary N) is 1. The molecule has 1 saturated heterocycles. The quantitative estimate of drug-likeness (QED) is 0.536. The minimum Gasteiger partial charge on any atom is -0.495 e. The van der Waals surface area contributed by atoms with Crippen LogP contribution in [0, 0.1) is 5.92 Å². The second-order valence-electron chi connectivity index (χ2n) is 7.98. The summed E-state index contributed by atoms with van der Waals surface area (Å²) in [7, 11) is 3.14. The predicted octanol–water partition coefficient (Wildman–Crippen LogP) is 3.07. The van der Waals surface area contributed by atoms with Crippen molar-refractivity contribution in [2.24, 2.45) is 16.6 Å². The molecule has 1 heterocycles. The number of hydrogen-bond donors (Lipinski definition) is 3. The van der Waals surface area contributed by atoms with Crippen molar-refractivity contribution in [3.05, 3.63) is 48.1 Å². The van der Waals surface area contributed by atoms with Gasteiger partial charge in [-0.05, 0) is 37.0 Å². The SMILES string of the molecule is C=C(/N=C1\C(=C/N)N(C)C(=O)[C@@H](CC)N1CCC(C)C)Nc1ccc(C(=O)O)cc1OC. The van der Waals surface area contributed by atoms with Crippen LogP contribution >= 0.6 is 0 Å². The van der Waals surface area contributed by atoms with Crippen molar-refractivity contribution >= 4 is 23.4 Å². The van der Waals surface area contributed by atoms with E-state index in [0.717, 1.165) is 6.42 Å². The first-order chi connectivity index (χ1) is 15.1. The van der Waals surface area contributed by atoms with E-state index in [2.05, 4.69) is 30.7 Å². The average molecular weight is 444 g/mol. The number of hydrogen-bond acceptors (Lipinski definition) is 6. The summed E-state index contributed by atoms with van der Waals surface area (Å²) in [5.74, 6) is 0.574. The van der Waals surface area contributed by atoms with Gasteiger partial charge in [-0.3, -0.25) is 4.79 Å². The number of nitrogens with zero attached hydrogens (tertiary/aromatic N) is 3. The van der Waals surface area contributed by atoms with E-state index in [1.54, 1.807) is 13.1 Å². The molecule has 1 fully saturated rings. The number of nitrogens with one attached hydrogen (secondary N) is 1. The van der Waals surface area contributed by atoms with Gasteiger partial charge in [0.2, 0.25) is 5.91 Å². The van der Waals surface area contributed by atoms with Crippen molar-refractivity contribution in [3.63, 3.8) is 0 Å². The topological polar surface area (TPSA) is 120 Å². The van der Waals surface area contributed by atoms with Gasteiger partial charge in [0.05, 0.1) is 18.4 Å². The summed E-state index contributed by atoms with van der Waals surface area (Å²) in [6.07, 6.45) is 2.89. The molecule has 1 amide bonds. The molecule has 4 N–H and O–H groups in total. The van der Waals surface area contributed by atoms with E-state index in [9.17, 15) is 14.7 Å². The van der Waals surface area contributed by atoms with Crippen LogP contribution in [0.5, 0.6) is 5.75 Å². The Kier molecular flexibility index (Phi) is 8.28. The highest BCUT2D eigenvalue weighted by Gasteiger charge is 2.38. The van der Waals surface area contributed by atoms with Crippen molar-refractivity contribution in [3.8, 4) is 5.75 Å². The maximum Gasteiger partial charge on any atom is 0.335 e. The third-order valence-corrected chi connectivity index (χ3v) is 5.31. The van der Waals surface area contributed by atoms with Gasteiger partial charge in [0.25, 0.3) is 0 Å². The molecule has 1 atom stereocenters. The Morgan fingerprint density at radius 3 is 2.66 bits per heavy atom. The van der Waals surface area contributed by atoms with Gasteiger partial charge in [0.1, 0.15) is 23.3 Å². The average Bonchev–Trinajstić information content (AvgIpc) is 2.75. The summed E-state index contributed by atoms with van der Waals surface area (Å²) < 4.78 is 5.31. The second-order valence-corrected chi connectivity index (χ2v) is 7.98. The maximum atomic E-state index is 12.9. The number of aromatic carboxylic acids is 1. The monoisotopic (exact) mass is 443 g/mol. The number of amides is 1. The number of likely N-dealkylation sites (N-methyl/N-ethyl adjacent to an activating group) is 1. The number of benzene rings is 1. The van der Waals surface area contributed by atoms with Crippen LogP contribution in [0.25, 0.3) is 0 Å². The van der Waals surface area contributed by atoms with E-state index >= 15 is 0 Å². The van der Waals surface area contributed by atoms with Gasteiger partial charge in [-0.1, -0.05) is 27.4 Å². The number of carboxylic acid groups (broad SMARTS) is 1. The highest BCUT2D eigenvalue weighted by molar-refractivity contribution is 6.07. The van der Waals surface area contributed by atoms with Crippen molar-refractivity contribution in [1.29, 1.82) is 0 Å². The molecule has 9 heteroatoms. The lowest BCUT2D eigenvalue weighted by molar-refractivity contribution is -0.133. The first kappa shape index (κ1) is 24.8. The van der Waals surface area contributed by atoms with E-state index in [4.69, 9.17) is 10.5 Å². The number of methoxy groups -OCH3 is 1. The molecule has 1 aliphatic heterocycles. The van der Waals surface area contributed by atoms with E-state index in [0.29, 0.717) is 47.7 Å². The van der Waals surface area contributed by atoms with Crippen molar-refractivity contribution in [2.45, 2.75) is 39.7 Å². The normalized spacial score (nSPS) is 19.1. The van der Waals surface area contributed by atoms with Crippen molar-refractivity contribution in [2.75, 3.05) is 26.0 Å². The minimum absolute atomic E-state index is 0.0311. The lowest BCUT2D eigenvalue weighted by atomic mass is 10.0. The summed E-state index contributed by atoms with van der Waals surface area (Å²) in [4.78, 5) is 32.3. The molecule has 0 aliphatic carbocycles. The number of carbonyl (C=O) groups is 2. The van der Waals surface area contributed by atoms with Crippen LogP contribution in [0.2, 0.25) is 0 Å².